The molecule has 2 heterocycles. The number of nitrogens with zero attached hydrogens (tertiary/aromatic N) is 3. The molecule has 1 aromatic carbocycles. The first-order valence-corrected chi connectivity index (χ1v) is 8.25. The van der Waals surface area contributed by atoms with Crippen molar-refractivity contribution in [3.05, 3.63) is 46.7 Å². The van der Waals surface area contributed by atoms with Crippen LogP contribution < -0.4 is 5.32 Å². The maximum Gasteiger partial charge on any atom is 0.257 e. The summed E-state index contributed by atoms with van der Waals surface area (Å²) in [5.41, 5.74) is 2.31. The van der Waals surface area contributed by atoms with Gasteiger partial charge >= 0.3 is 0 Å². The van der Waals surface area contributed by atoms with Crippen molar-refractivity contribution in [2.75, 3.05) is 20.1 Å². The van der Waals surface area contributed by atoms with Crippen molar-refractivity contribution in [2.24, 2.45) is 0 Å². The molecule has 1 aliphatic rings. The molecule has 1 atom stereocenters. The SMILES string of the molecule is CNC[C@H]1CCCN1C(=O)c1cn(-c2ccc(Cl)cc2)nc1C. The zero-order valence-electron chi connectivity index (χ0n) is 13.4. The number of aromatic nitrogens is 2. The van der Waals surface area contributed by atoms with Crippen molar-refractivity contribution in [3.8, 4) is 5.69 Å². The largest absolute Gasteiger partial charge is 0.334 e. The van der Waals surface area contributed by atoms with Gasteiger partial charge in [-0.25, -0.2) is 4.68 Å². The number of rotatable bonds is 4. The molecule has 23 heavy (non-hydrogen) atoms. The number of amides is 1. The van der Waals surface area contributed by atoms with Crippen molar-refractivity contribution in [2.45, 2.75) is 25.8 Å². The van der Waals surface area contributed by atoms with Crippen LogP contribution in [-0.2, 0) is 0 Å². The highest BCUT2D eigenvalue weighted by atomic mass is 35.5. The summed E-state index contributed by atoms with van der Waals surface area (Å²) >= 11 is 5.92. The van der Waals surface area contributed by atoms with Crippen LogP contribution in [0.5, 0.6) is 0 Å². The Morgan fingerprint density at radius 2 is 2.13 bits per heavy atom. The average molecular weight is 333 g/mol. The van der Waals surface area contributed by atoms with Crippen LogP contribution in [0.2, 0.25) is 5.02 Å². The zero-order chi connectivity index (χ0) is 16.4. The number of aryl methyl sites for hydroxylation is 1. The minimum Gasteiger partial charge on any atom is -0.334 e. The molecule has 0 radical (unpaired) electrons. The minimum absolute atomic E-state index is 0.0699. The summed E-state index contributed by atoms with van der Waals surface area (Å²) in [5, 5.41) is 8.34. The van der Waals surface area contributed by atoms with Crippen molar-refractivity contribution in [1.82, 2.24) is 20.0 Å². The normalized spacial score (nSPS) is 17.7. The van der Waals surface area contributed by atoms with Crippen molar-refractivity contribution < 1.29 is 4.79 Å². The van der Waals surface area contributed by atoms with Crippen LogP contribution in [0.3, 0.4) is 0 Å². The predicted octanol–water partition coefficient (Wildman–Crippen LogP) is 2.66. The summed E-state index contributed by atoms with van der Waals surface area (Å²) in [4.78, 5) is 14.8. The molecule has 122 valence electrons. The molecule has 5 nitrogen and oxygen atoms in total. The van der Waals surface area contributed by atoms with Gasteiger partial charge in [-0.3, -0.25) is 4.79 Å². The van der Waals surface area contributed by atoms with Crippen molar-refractivity contribution >= 4 is 17.5 Å². The molecule has 2 aromatic rings. The fourth-order valence-corrected chi connectivity index (χ4v) is 3.23. The molecule has 1 N–H and O–H groups in total. The average Bonchev–Trinajstić information content (AvgIpc) is 3.15. The highest BCUT2D eigenvalue weighted by molar-refractivity contribution is 6.30. The molecular weight excluding hydrogens is 312 g/mol. The van der Waals surface area contributed by atoms with Gasteiger partial charge in [0.2, 0.25) is 0 Å². The van der Waals surface area contributed by atoms with Gasteiger partial charge in [0.15, 0.2) is 0 Å². The number of hydrogen-bond acceptors (Lipinski definition) is 3. The Balaban J connectivity index is 1.85. The van der Waals surface area contributed by atoms with Crippen LogP contribution in [0, 0.1) is 6.92 Å². The van der Waals surface area contributed by atoms with E-state index < -0.39 is 0 Å². The molecule has 0 saturated carbocycles. The van der Waals surface area contributed by atoms with E-state index >= 15 is 0 Å². The summed E-state index contributed by atoms with van der Waals surface area (Å²) < 4.78 is 1.74. The fourth-order valence-electron chi connectivity index (χ4n) is 3.10. The van der Waals surface area contributed by atoms with E-state index in [1.807, 2.05) is 49.3 Å². The van der Waals surface area contributed by atoms with Gasteiger partial charge < -0.3 is 10.2 Å². The van der Waals surface area contributed by atoms with Gasteiger partial charge in [-0.05, 0) is 51.1 Å². The lowest BCUT2D eigenvalue weighted by molar-refractivity contribution is 0.0736. The molecular formula is C17H21ClN4O. The third kappa shape index (κ3) is 3.26. The molecule has 1 aromatic heterocycles. The van der Waals surface area contributed by atoms with E-state index in [0.717, 1.165) is 37.3 Å². The van der Waals surface area contributed by atoms with Gasteiger partial charge in [-0.15, -0.1) is 0 Å². The van der Waals surface area contributed by atoms with E-state index in [4.69, 9.17) is 11.6 Å². The molecule has 0 spiro atoms. The Labute approximate surface area is 141 Å². The minimum atomic E-state index is 0.0699. The fraction of sp³-hybridized carbons (Fsp3) is 0.412. The van der Waals surface area contributed by atoms with E-state index in [1.54, 1.807) is 4.68 Å². The molecule has 0 aliphatic carbocycles. The first-order chi connectivity index (χ1) is 11.1. The van der Waals surface area contributed by atoms with Crippen LogP contribution >= 0.6 is 11.6 Å². The molecule has 0 unspecified atom stereocenters. The molecule has 1 saturated heterocycles. The number of halogens is 1. The van der Waals surface area contributed by atoms with E-state index in [-0.39, 0.29) is 11.9 Å². The first-order valence-electron chi connectivity index (χ1n) is 7.88. The molecule has 1 fully saturated rings. The number of hydrogen-bond donors (Lipinski definition) is 1. The number of carbonyl (C=O) groups excluding carboxylic acids is 1. The van der Waals surface area contributed by atoms with Crippen LogP contribution in [0.1, 0.15) is 28.9 Å². The third-order valence-corrected chi connectivity index (χ3v) is 4.55. The van der Waals surface area contributed by atoms with Crippen LogP contribution in [-0.4, -0.2) is 46.8 Å². The lowest BCUT2D eigenvalue weighted by atomic mass is 10.2. The Morgan fingerprint density at radius 1 is 1.39 bits per heavy atom. The maximum absolute atomic E-state index is 12.9. The lowest BCUT2D eigenvalue weighted by Crippen LogP contribution is -2.40. The Kier molecular flexibility index (Phi) is 4.68. The van der Waals surface area contributed by atoms with Gasteiger partial charge in [0, 0.05) is 30.4 Å². The second-order valence-electron chi connectivity index (χ2n) is 5.90. The van der Waals surface area contributed by atoms with E-state index in [2.05, 4.69) is 10.4 Å². The predicted molar refractivity (Wildman–Crippen MR) is 91.3 cm³/mol. The number of likely N-dealkylation sites (tertiary alicyclic amines) is 1. The molecule has 3 rings (SSSR count). The second kappa shape index (κ2) is 6.72. The van der Waals surface area contributed by atoms with E-state index in [0.29, 0.717) is 10.6 Å². The topological polar surface area (TPSA) is 50.2 Å². The van der Waals surface area contributed by atoms with Crippen LogP contribution in [0.4, 0.5) is 0 Å². The Bertz CT molecular complexity index is 695. The van der Waals surface area contributed by atoms with Gasteiger partial charge in [-0.2, -0.15) is 5.10 Å². The standard InChI is InChI=1S/C17H21ClN4O/c1-12-16(17(23)21-9-3-4-15(21)10-19-2)11-22(20-12)14-7-5-13(18)6-8-14/h5-8,11,15,19H,3-4,9-10H2,1-2H3/t15-/m1/s1. The van der Waals surface area contributed by atoms with Gasteiger partial charge in [-0.1, -0.05) is 11.6 Å². The highest BCUT2D eigenvalue weighted by Crippen LogP contribution is 2.22. The number of carbonyl (C=O) groups is 1. The van der Waals surface area contributed by atoms with Crippen molar-refractivity contribution in [3.63, 3.8) is 0 Å². The Hall–Kier alpha value is -1.85. The molecule has 1 aliphatic heterocycles. The molecule has 6 heteroatoms. The van der Waals surface area contributed by atoms with Crippen LogP contribution in [0.25, 0.3) is 5.69 Å². The molecule has 1 amide bonds. The van der Waals surface area contributed by atoms with Crippen LogP contribution in [0.15, 0.2) is 30.5 Å². The quantitative estimate of drug-likeness (QED) is 0.936. The van der Waals surface area contributed by atoms with E-state index in [9.17, 15) is 4.79 Å². The van der Waals surface area contributed by atoms with Crippen molar-refractivity contribution in [1.29, 1.82) is 0 Å². The lowest BCUT2D eigenvalue weighted by Gasteiger charge is -2.24. The third-order valence-electron chi connectivity index (χ3n) is 4.30. The second-order valence-corrected chi connectivity index (χ2v) is 6.34. The highest BCUT2D eigenvalue weighted by Gasteiger charge is 2.30. The number of likely N-dealkylation sites (N-methyl/N-ethyl adjacent to an activating group) is 1. The first kappa shape index (κ1) is 16.0. The van der Waals surface area contributed by atoms with Gasteiger partial charge in [0.25, 0.3) is 5.91 Å². The summed E-state index contributed by atoms with van der Waals surface area (Å²) in [6, 6.07) is 7.69. The van der Waals surface area contributed by atoms with E-state index in [1.165, 1.54) is 0 Å². The maximum atomic E-state index is 12.9. The zero-order valence-corrected chi connectivity index (χ0v) is 14.2. The monoisotopic (exact) mass is 332 g/mol. The molecule has 0 bridgehead atoms. The van der Waals surface area contributed by atoms with Gasteiger partial charge in [0.05, 0.1) is 16.9 Å². The summed E-state index contributed by atoms with van der Waals surface area (Å²) in [5.74, 6) is 0.0699. The summed E-state index contributed by atoms with van der Waals surface area (Å²) in [6.07, 6.45) is 3.93. The summed E-state index contributed by atoms with van der Waals surface area (Å²) in [6.45, 7) is 3.52. The van der Waals surface area contributed by atoms with Gasteiger partial charge in [0.1, 0.15) is 0 Å². The number of benzene rings is 1. The summed E-state index contributed by atoms with van der Waals surface area (Å²) in [7, 11) is 1.92. The smallest absolute Gasteiger partial charge is 0.257 e. The Morgan fingerprint density at radius 3 is 2.83 bits per heavy atom. The number of nitrogens with one attached hydrogen (secondary N) is 1.